The van der Waals surface area contributed by atoms with Crippen molar-refractivity contribution in [2.45, 2.75) is 26.7 Å². The molecule has 0 atom stereocenters. The van der Waals surface area contributed by atoms with Gasteiger partial charge in [0.2, 0.25) is 5.91 Å². The van der Waals surface area contributed by atoms with E-state index in [1.54, 1.807) is 43.3 Å². The Morgan fingerprint density at radius 3 is 2.31 bits per heavy atom. The first-order valence-electron chi connectivity index (χ1n) is 10.8. The minimum atomic E-state index is -0.650. The van der Waals surface area contributed by atoms with Gasteiger partial charge in [-0.15, -0.1) is 0 Å². The van der Waals surface area contributed by atoms with Crippen LogP contribution in [0, 0.1) is 13.8 Å². The lowest BCUT2D eigenvalue weighted by Crippen LogP contribution is -2.22. The molecule has 7 nitrogen and oxygen atoms in total. The molecule has 3 aromatic carbocycles. The summed E-state index contributed by atoms with van der Waals surface area (Å²) in [6.07, 6.45) is -0.236. The van der Waals surface area contributed by atoms with E-state index in [0.29, 0.717) is 32.2 Å². The summed E-state index contributed by atoms with van der Waals surface area (Å²) in [5.74, 6) is -0.105. The summed E-state index contributed by atoms with van der Waals surface area (Å²) in [7, 11) is 0. The average molecular weight is 560 g/mol. The second-order valence-electron chi connectivity index (χ2n) is 7.68. The van der Waals surface area contributed by atoms with Gasteiger partial charge in [-0.2, -0.15) is 0 Å². The van der Waals surface area contributed by atoms with Gasteiger partial charge in [-0.25, -0.2) is 0 Å². The molecular weight excluding hydrogens is 536 g/mol. The van der Waals surface area contributed by atoms with Crippen molar-refractivity contribution in [3.63, 3.8) is 0 Å². The monoisotopic (exact) mass is 558 g/mol. The molecule has 0 heterocycles. The molecular formula is C26H24BrClN2O5. The van der Waals surface area contributed by atoms with E-state index >= 15 is 0 Å². The van der Waals surface area contributed by atoms with Crippen LogP contribution in [0.2, 0.25) is 5.02 Å². The summed E-state index contributed by atoms with van der Waals surface area (Å²) in [4.78, 5) is 36.2. The third-order valence-corrected chi connectivity index (χ3v) is 6.37. The Hall–Kier alpha value is -3.36. The van der Waals surface area contributed by atoms with Crippen LogP contribution >= 0.6 is 27.5 Å². The van der Waals surface area contributed by atoms with Crippen LogP contribution in [0.1, 0.15) is 24.0 Å². The molecule has 0 spiro atoms. The van der Waals surface area contributed by atoms with Gasteiger partial charge in [0.15, 0.2) is 6.61 Å². The van der Waals surface area contributed by atoms with Crippen molar-refractivity contribution in [1.82, 2.24) is 0 Å². The first-order valence-corrected chi connectivity index (χ1v) is 11.9. The summed E-state index contributed by atoms with van der Waals surface area (Å²) in [6.45, 7) is 3.26. The van der Waals surface area contributed by atoms with Crippen LogP contribution in [0.4, 0.5) is 11.4 Å². The summed E-state index contributed by atoms with van der Waals surface area (Å²) in [5, 5.41) is 5.84. The molecule has 2 amide bonds. The number of para-hydroxylation sites is 1. The number of rotatable bonds is 9. The molecule has 0 bridgehead atoms. The van der Waals surface area contributed by atoms with Gasteiger partial charge in [0.25, 0.3) is 5.91 Å². The highest BCUT2D eigenvalue weighted by molar-refractivity contribution is 9.10. The van der Waals surface area contributed by atoms with Crippen LogP contribution in [0.15, 0.2) is 65.1 Å². The molecule has 9 heteroatoms. The maximum Gasteiger partial charge on any atom is 0.306 e. The number of esters is 1. The molecule has 0 saturated heterocycles. The number of benzene rings is 3. The van der Waals surface area contributed by atoms with E-state index in [1.165, 1.54) is 0 Å². The molecule has 0 aliphatic heterocycles. The molecule has 0 unspecified atom stereocenters. The van der Waals surface area contributed by atoms with Crippen molar-refractivity contribution < 1.29 is 23.9 Å². The Morgan fingerprint density at radius 2 is 1.60 bits per heavy atom. The van der Waals surface area contributed by atoms with Crippen LogP contribution in [-0.4, -0.2) is 24.4 Å². The van der Waals surface area contributed by atoms with Crippen molar-refractivity contribution in [3.8, 4) is 11.5 Å². The number of aryl methyl sites for hydroxylation is 1. The maximum atomic E-state index is 12.2. The molecule has 3 aromatic rings. The lowest BCUT2D eigenvalue weighted by molar-refractivity contribution is -0.147. The van der Waals surface area contributed by atoms with E-state index in [9.17, 15) is 14.4 Å². The second kappa shape index (κ2) is 12.4. The zero-order valence-corrected chi connectivity index (χ0v) is 21.5. The number of carbonyl (C=O) groups excluding carboxylic acids is 3. The first kappa shape index (κ1) is 26.2. The fourth-order valence-corrected chi connectivity index (χ4v) is 3.63. The van der Waals surface area contributed by atoms with E-state index in [4.69, 9.17) is 21.1 Å². The van der Waals surface area contributed by atoms with Gasteiger partial charge >= 0.3 is 5.97 Å². The Kier molecular flexibility index (Phi) is 9.28. The number of hydrogen-bond acceptors (Lipinski definition) is 5. The number of hydrogen-bond donors (Lipinski definition) is 2. The number of carbonyl (C=O) groups is 3. The van der Waals surface area contributed by atoms with Gasteiger partial charge in [0, 0.05) is 22.3 Å². The van der Waals surface area contributed by atoms with Crippen LogP contribution < -0.4 is 15.4 Å². The largest absolute Gasteiger partial charge is 0.457 e. The minimum absolute atomic E-state index is 0.0800. The first-order chi connectivity index (χ1) is 16.7. The predicted octanol–water partition coefficient (Wildman–Crippen LogP) is 6.41. The fourth-order valence-electron chi connectivity index (χ4n) is 3.04. The van der Waals surface area contributed by atoms with Crippen LogP contribution in [0.5, 0.6) is 11.5 Å². The maximum absolute atomic E-state index is 12.2. The highest BCUT2D eigenvalue weighted by Gasteiger charge is 2.13. The minimum Gasteiger partial charge on any atom is -0.457 e. The number of anilines is 2. The van der Waals surface area contributed by atoms with Crippen LogP contribution in [0.25, 0.3) is 0 Å². The standard InChI is InChI=1S/C26H24BrClN2O5/c1-16-5-3-4-6-22(16)35-19-9-7-18(8-10-19)29-23(31)13-14-25(33)34-15-24(32)30-21-12-11-20(27)26(28)17(21)2/h3-12H,13-15H2,1-2H3,(H,29,31)(H,30,32). The Balaban J connectivity index is 1.39. The lowest BCUT2D eigenvalue weighted by atomic mass is 10.2. The van der Waals surface area contributed by atoms with Gasteiger partial charge in [0.05, 0.1) is 11.4 Å². The topological polar surface area (TPSA) is 93.7 Å². The molecule has 0 saturated carbocycles. The van der Waals surface area contributed by atoms with Crippen LogP contribution in [-0.2, 0) is 19.1 Å². The van der Waals surface area contributed by atoms with Gasteiger partial charge in [-0.1, -0.05) is 29.8 Å². The zero-order valence-electron chi connectivity index (χ0n) is 19.2. The average Bonchev–Trinajstić information content (AvgIpc) is 2.84. The highest BCUT2D eigenvalue weighted by Crippen LogP contribution is 2.31. The molecule has 0 aliphatic rings. The second-order valence-corrected chi connectivity index (χ2v) is 8.92. The summed E-state index contributed by atoms with van der Waals surface area (Å²) in [6, 6.07) is 18.0. The van der Waals surface area contributed by atoms with E-state index in [-0.39, 0.29) is 18.7 Å². The smallest absolute Gasteiger partial charge is 0.306 e. The number of amides is 2. The van der Waals surface area contributed by atoms with Crippen molar-refractivity contribution in [3.05, 3.63) is 81.3 Å². The van der Waals surface area contributed by atoms with Crippen molar-refractivity contribution in [2.75, 3.05) is 17.2 Å². The number of ether oxygens (including phenoxy) is 2. The van der Waals surface area contributed by atoms with Gasteiger partial charge < -0.3 is 20.1 Å². The summed E-state index contributed by atoms with van der Waals surface area (Å²) in [5.41, 5.74) is 2.80. The number of halogens is 2. The number of nitrogens with one attached hydrogen (secondary N) is 2. The van der Waals surface area contributed by atoms with E-state index < -0.39 is 18.5 Å². The van der Waals surface area contributed by atoms with Gasteiger partial charge in [0.1, 0.15) is 11.5 Å². The molecule has 182 valence electrons. The molecule has 3 rings (SSSR count). The normalized spacial score (nSPS) is 10.4. The molecule has 0 aromatic heterocycles. The van der Waals surface area contributed by atoms with Crippen molar-refractivity contribution in [2.24, 2.45) is 0 Å². The lowest BCUT2D eigenvalue weighted by Gasteiger charge is -2.11. The van der Waals surface area contributed by atoms with Crippen LogP contribution in [0.3, 0.4) is 0 Å². The molecule has 0 aliphatic carbocycles. The fraction of sp³-hybridized carbons (Fsp3) is 0.192. The third-order valence-electron chi connectivity index (χ3n) is 4.99. The van der Waals surface area contributed by atoms with Gasteiger partial charge in [-0.3, -0.25) is 14.4 Å². The SMILES string of the molecule is Cc1ccccc1Oc1ccc(NC(=O)CCC(=O)OCC(=O)Nc2ccc(Br)c(Cl)c2C)cc1. The van der Waals surface area contributed by atoms with E-state index in [2.05, 4.69) is 26.6 Å². The summed E-state index contributed by atoms with van der Waals surface area (Å²) >= 11 is 9.45. The Morgan fingerprint density at radius 1 is 0.886 bits per heavy atom. The molecule has 2 N–H and O–H groups in total. The van der Waals surface area contributed by atoms with E-state index in [0.717, 1.165) is 11.3 Å². The Bertz CT molecular complexity index is 1230. The molecule has 0 radical (unpaired) electrons. The third kappa shape index (κ3) is 7.83. The summed E-state index contributed by atoms with van der Waals surface area (Å²) < 4.78 is 11.5. The Labute approximate surface area is 216 Å². The quantitative estimate of drug-likeness (QED) is 0.295. The van der Waals surface area contributed by atoms with E-state index in [1.807, 2.05) is 31.2 Å². The predicted molar refractivity (Wildman–Crippen MR) is 139 cm³/mol. The van der Waals surface area contributed by atoms with Gasteiger partial charge in [-0.05, 0) is 83.4 Å². The highest BCUT2D eigenvalue weighted by atomic mass is 79.9. The molecule has 35 heavy (non-hydrogen) atoms. The zero-order chi connectivity index (χ0) is 25.4. The van der Waals surface area contributed by atoms with Crippen molar-refractivity contribution >= 4 is 56.7 Å². The van der Waals surface area contributed by atoms with Crippen molar-refractivity contribution in [1.29, 1.82) is 0 Å². The molecule has 0 fully saturated rings.